The van der Waals surface area contributed by atoms with Gasteiger partial charge < -0.3 is 20.1 Å². The lowest BCUT2D eigenvalue weighted by Crippen LogP contribution is -2.29. The Balaban J connectivity index is 1.33. The number of nitrogens with one attached hydrogen (secondary N) is 2. The van der Waals surface area contributed by atoms with Crippen LogP contribution in [0.1, 0.15) is 58.0 Å². The van der Waals surface area contributed by atoms with Crippen LogP contribution in [-0.2, 0) is 33.7 Å². The van der Waals surface area contributed by atoms with Crippen molar-refractivity contribution in [2.24, 2.45) is 0 Å². The standard InChI is InChI=1S/C32H35N5O5S2/c1-5-41-31(40)28-23-12-9-13-25(23)44-30(28)34-29(39)21(4)43-32-36-35-26(37(32)24-16-19(2)14-15-20(24)3)17-33-27(38)18-42-22-10-7-6-8-11-22/h6-8,10-11,14-16,21H,5,9,12-13,17-18H2,1-4H3,(H,33,38)(H,34,39). The van der Waals surface area contributed by atoms with Gasteiger partial charge in [-0.1, -0.05) is 42.1 Å². The van der Waals surface area contributed by atoms with Crippen molar-refractivity contribution in [2.45, 2.75) is 63.9 Å². The van der Waals surface area contributed by atoms with Gasteiger partial charge in [0.2, 0.25) is 5.91 Å². The van der Waals surface area contributed by atoms with E-state index in [1.54, 1.807) is 26.0 Å². The van der Waals surface area contributed by atoms with Crippen LogP contribution in [-0.4, -0.2) is 51.0 Å². The minimum Gasteiger partial charge on any atom is -0.484 e. The summed E-state index contributed by atoms with van der Waals surface area (Å²) in [6.07, 6.45) is 2.69. The van der Waals surface area contributed by atoms with Crippen LogP contribution in [0, 0.1) is 13.8 Å². The Morgan fingerprint density at radius 2 is 1.89 bits per heavy atom. The summed E-state index contributed by atoms with van der Waals surface area (Å²) in [6.45, 7) is 7.78. The molecule has 2 aromatic heterocycles. The molecule has 2 N–H and O–H groups in total. The summed E-state index contributed by atoms with van der Waals surface area (Å²) < 4.78 is 12.7. The fourth-order valence-electron chi connectivity index (χ4n) is 4.92. The van der Waals surface area contributed by atoms with E-state index < -0.39 is 11.2 Å². The molecule has 2 heterocycles. The van der Waals surface area contributed by atoms with E-state index in [4.69, 9.17) is 9.47 Å². The first-order valence-corrected chi connectivity index (χ1v) is 16.2. The number of aryl methyl sites for hydroxylation is 3. The minimum absolute atomic E-state index is 0.113. The monoisotopic (exact) mass is 633 g/mol. The molecular formula is C32H35N5O5S2. The van der Waals surface area contributed by atoms with Crippen molar-refractivity contribution >= 4 is 45.9 Å². The van der Waals surface area contributed by atoms with Crippen molar-refractivity contribution in [1.29, 1.82) is 0 Å². The first-order valence-electron chi connectivity index (χ1n) is 14.5. The van der Waals surface area contributed by atoms with Crippen LogP contribution >= 0.6 is 23.1 Å². The van der Waals surface area contributed by atoms with Crippen molar-refractivity contribution < 1.29 is 23.9 Å². The number of para-hydroxylation sites is 1. The van der Waals surface area contributed by atoms with Crippen molar-refractivity contribution in [3.63, 3.8) is 0 Å². The minimum atomic E-state index is -0.572. The summed E-state index contributed by atoms with van der Waals surface area (Å²) in [6, 6.07) is 15.2. The van der Waals surface area contributed by atoms with Gasteiger partial charge in [0.25, 0.3) is 5.91 Å². The van der Waals surface area contributed by atoms with Crippen molar-refractivity contribution in [1.82, 2.24) is 20.1 Å². The number of amides is 2. The number of esters is 1. The van der Waals surface area contributed by atoms with E-state index in [9.17, 15) is 14.4 Å². The van der Waals surface area contributed by atoms with Gasteiger partial charge in [-0.25, -0.2) is 4.79 Å². The molecule has 4 aromatic rings. The van der Waals surface area contributed by atoms with Gasteiger partial charge in [0, 0.05) is 4.88 Å². The van der Waals surface area contributed by atoms with Crippen LogP contribution in [0.5, 0.6) is 5.75 Å². The highest BCUT2D eigenvalue weighted by atomic mass is 32.2. The molecule has 10 nitrogen and oxygen atoms in total. The Labute approximate surface area is 264 Å². The lowest BCUT2D eigenvalue weighted by atomic mass is 10.1. The molecule has 0 bridgehead atoms. The highest BCUT2D eigenvalue weighted by Gasteiger charge is 2.30. The summed E-state index contributed by atoms with van der Waals surface area (Å²) in [5, 5.41) is 15.1. The summed E-state index contributed by atoms with van der Waals surface area (Å²) in [5.41, 5.74) is 4.35. The van der Waals surface area contributed by atoms with Gasteiger partial charge in [-0.3, -0.25) is 14.2 Å². The average Bonchev–Trinajstić information content (AvgIpc) is 3.71. The topological polar surface area (TPSA) is 124 Å². The molecule has 2 amide bonds. The molecule has 0 saturated carbocycles. The zero-order valence-corrected chi connectivity index (χ0v) is 26.8. The van der Waals surface area contributed by atoms with Gasteiger partial charge in [-0.2, -0.15) is 0 Å². The number of fused-ring (bicyclic) bond motifs is 1. The van der Waals surface area contributed by atoms with Crippen molar-refractivity contribution in [3.05, 3.63) is 81.5 Å². The molecule has 12 heteroatoms. The van der Waals surface area contributed by atoms with E-state index in [2.05, 4.69) is 20.8 Å². The largest absolute Gasteiger partial charge is 0.484 e. The molecule has 1 atom stereocenters. The highest BCUT2D eigenvalue weighted by Crippen LogP contribution is 2.40. The molecule has 0 spiro atoms. The summed E-state index contributed by atoms with van der Waals surface area (Å²) >= 11 is 2.70. The number of hydrogen-bond acceptors (Lipinski definition) is 9. The first kappa shape index (κ1) is 31.3. The van der Waals surface area contributed by atoms with Crippen molar-refractivity contribution in [2.75, 3.05) is 18.5 Å². The molecule has 230 valence electrons. The number of nitrogens with zero attached hydrogens (tertiary/aromatic N) is 3. The number of thiophene rings is 1. The number of ether oxygens (including phenoxy) is 2. The lowest BCUT2D eigenvalue weighted by Gasteiger charge is -2.16. The van der Waals surface area contributed by atoms with E-state index in [1.807, 2.05) is 54.8 Å². The van der Waals surface area contributed by atoms with Crippen LogP contribution in [0.4, 0.5) is 5.00 Å². The molecule has 1 aliphatic rings. The molecule has 0 aliphatic heterocycles. The SMILES string of the molecule is CCOC(=O)c1c(NC(=O)C(C)Sc2nnc(CNC(=O)COc3ccccc3)n2-c2cc(C)ccc2C)sc2c1CCC2. The number of carbonyl (C=O) groups is 3. The van der Waals surface area contributed by atoms with Crippen LogP contribution < -0.4 is 15.4 Å². The smallest absolute Gasteiger partial charge is 0.341 e. The number of carbonyl (C=O) groups excluding carboxylic acids is 3. The predicted molar refractivity (Wildman–Crippen MR) is 171 cm³/mol. The van der Waals surface area contributed by atoms with Gasteiger partial charge in [-0.15, -0.1) is 21.5 Å². The van der Waals surface area contributed by atoms with Gasteiger partial charge >= 0.3 is 5.97 Å². The molecule has 1 unspecified atom stereocenters. The molecular weight excluding hydrogens is 599 g/mol. The molecule has 0 radical (unpaired) electrons. The second-order valence-corrected chi connectivity index (χ2v) is 12.8. The second kappa shape index (κ2) is 14.1. The molecule has 44 heavy (non-hydrogen) atoms. The number of anilines is 1. The normalized spacial score (nSPS) is 12.8. The molecule has 5 rings (SSSR count). The summed E-state index contributed by atoms with van der Waals surface area (Å²) in [5.74, 6) is 0.156. The quantitative estimate of drug-likeness (QED) is 0.157. The first-order chi connectivity index (χ1) is 21.2. The van der Waals surface area contributed by atoms with Crippen LogP contribution in [0.25, 0.3) is 5.69 Å². The van der Waals surface area contributed by atoms with Gasteiger partial charge in [-0.05, 0) is 81.8 Å². The van der Waals surface area contributed by atoms with Gasteiger partial charge in [0.1, 0.15) is 10.8 Å². The van der Waals surface area contributed by atoms with Crippen LogP contribution in [0.3, 0.4) is 0 Å². The fourth-order valence-corrected chi connectivity index (χ4v) is 7.08. The van der Waals surface area contributed by atoms with E-state index in [0.29, 0.717) is 27.3 Å². The molecule has 0 fully saturated rings. The fraction of sp³-hybridized carbons (Fsp3) is 0.344. The number of aromatic nitrogens is 3. The lowest BCUT2D eigenvalue weighted by molar-refractivity contribution is -0.123. The molecule has 0 saturated heterocycles. The second-order valence-electron chi connectivity index (χ2n) is 10.4. The number of rotatable bonds is 12. The van der Waals surface area contributed by atoms with E-state index >= 15 is 0 Å². The Bertz CT molecular complexity index is 1670. The number of hydrogen-bond donors (Lipinski definition) is 2. The third-order valence-corrected chi connectivity index (χ3v) is 9.40. The summed E-state index contributed by atoms with van der Waals surface area (Å²) in [7, 11) is 0. The zero-order valence-electron chi connectivity index (χ0n) is 25.1. The van der Waals surface area contributed by atoms with Gasteiger partial charge in [0.15, 0.2) is 17.6 Å². The molecule has 1 aliphatic carbocycles. The van der Waals surface area contributed by atoms with Crippen LogP contribution in [0.15, 0.2) is 53.7 Å². The maximum atomic E-state index is 13.5. The van der Waals surface area contributed by atoms with Gasteiger partial charge in [0.05, 0.1) is 29.7 Å². The number of benzene rings is 2. The third-order valence-electron chi connectivity index (χ3n) is 7.15. The van der Waals surface area contributed by atoms with Crippen molar-refractivity contribution in [3.8, 4) is 11.4 Å². The average molecular weight is 634 g/mol. The van der Waals surface area contributed by atoms with E-state index in [0.717, 1.165) is 46.5 Å². The maximum Gasteiger partial charge on any atom is 0.341 e. The third kappa shape index (κ3) is 7.13. The Hall–Kier alpha value is -4.16. The van der Waals surface area contributed by atoms with E-state index in [-0.39, 0.29) is 31.6 Å². The van der Waals surface area contributed by atoms with Crippen LogP contribution in [0.2, 0.25) is 0 Å². The predicted octanol–water partition coefficient (Wildman–Crippen LogP) is 5.43. The number of thioether (sulfide) groups is 1. The maximum absolute atomic E-state index is 13.5. The highest BCUT2D eigenvalue weighted by molar-refractivity contribution is 8.00. The van der Waals surface area contributed by atoms with E-state index in [1.165, 1.54) is 23.1 Å². The summed E-state index contributed by atoms with van der Waals surface area (Å²) in [4.78, 5) is 39.9. The Kier molecular flexibility index (Phi) is 10.0. The zero-order chi connectivity index (χ0) is 31.2. The molecule has 2 aromatic carbocycles. The Morgan fingerprint density at radius 3 is 2.66 bits per heavy atom. The Morgan fingerprint density at radius 1 is 1.09 bits per heavy atom.